The van der Waals surface area contributed by atoms with Gasteiger partial charge in [-0.1, -0.05) is 30.3 Å². The van der Waals surface area contributed by atoms with E-state index in [4.69, 9.17) is 0 Å². The minimum atomic E-state index is -0.158. The van der Waals surface area contributed by atoms with Gasteiger partial charge in [-0.05, 0) is 24.3 Å². The summed E-state index contributed by atoms with van der Waals surface area (Å²) in [6.45, 7) is 0. The average Bonchev–Trinajstić information content (AvgIpc) is 3.05. The molecule has 4 rings (SSSR count). The Bertz CT molecular complexity index is 1060. The van der Waals surface area contributed by atoms with Crippen LogP contribution < -0.4 is 5.56 Å². The molecule has 2 aromatic carbocycles. The van der Waals surface area contributed by atoms with Crippen LogP contribution in [0.1, 0.15) is 15.9 Å². The van der Waals surface area contributed by atoms with E-state index in [2.05, 4.69) is 9.97 Å². The van der Waals surface area contributed by atoms with Crippen LogP contribution in [-0.4, -0.2) is 15.8 Å². The zero-order valence-electron chi connectivity index (χ0n) is 11.6. The number of aromatic amines is 2. The molecule has 0 aliphatic heterocycles. The first-order valence-electron chi connectivity index (χ1n) is 6.97. The van der Waals surface area contributed by atoms with Crippen molar-refractivity contribution in [1.29, 1.82) is 0 Å². The van der Waals surface area contributed by atoms with Gasteiger partial charge in [0.2, 0.25) is 0 Å². The molecule has 0 bridgehead atoms. The van der Waals surface area contributed by atoms with E-state index in [-0.39, 0.29) is 11.3 Å². The Hall–Kier alpha value is -3.14. The number of aromatic nitrogens is 2. The Morgan fingerprint density at radius 3 is 2.50 bits per heavy atom. The topological polar surface area (TPSA) is 65.7 Å². The van der Waals surface area contributed by atoms with Gasteiger partial charge in [-0.3, -0.25) is 9.59 Å². The molecule has 0 radical (unpaired) electrons. The summed E-state index contributed by atoms with van der Waals surface area (Å²) < 4.78 is 0. The van der Waals surface area contributed by atoms with Crippen molar-refractivity contribution in [3.05, 3.63) is 82.3 Å². The lowest BCUT2D eigenvalue weighted by molar-refractivity contribution is 0.103. The first-order valence-corrected chi connectivity index (χ1v) is 6.97. The molecule has 4 aromatic rings. The number of ketones is 1. The van der Waals surface area contributed by atoms with E-state index in [1.54, 1.807) is 30.5 Å². The third kappa shape index (κ3) is 1.85. The zero-order chi connectivity index (χ0) is 15.1. The van der Waals surface area contributed by atoms with Crippen molar-refractivity contribution in [3.8, 4) is 0 Å². The normalized spacial score (nSPS) is 11.1. The number of carbonyl (C=O) groups is 1. The summed E-state index contributed by atoms with van der Waals surface area (Å²) in [7, 11) is 0. The second-order valence-electron chi connectivity index (χ2n) is 5.18. The molecule has 22 heavy (non-hydrogen) atoms. The highest BCUT2D eigenvalue weighted by atomic mass is 16.1. The molecule has 0 aliphatic rings. The monoisotopic (exact) mass is 288 g/mol. The van der Waals surface area contributed by atoms with Gasteiger partial charge in [-0.15, -0.1) is 0 Å². The van der Waals surface area contributed by atoms with Gasteiger partial charge in [0.05, 0.1) is 0 Å². The van der Waals surface area contributed by atoms with E-state index in [1.165, 1.54) is 0 Å². The van der Waals surface area contributed by atoms with Gasteiger partial charge in [0.1, 0.15) is 5.52 Å². The number of fused-ring (bicyclic) bond motifs is 3. The molecule has 0 unspecified atom stereocenters. The summed E-state index contributed by atoms with van der Waals surface area (Å²) in [5, 5.41) is 1.68. The van der Waals surface area contributed by atoms with Crippen molar-refractivity contribution in [2.24, 2.45) is 0 Å². The van der Waals surface area contributed by atoms with Crippen LogP contribution in [0.4, 0.5) is 0 Å². The van der Waals surface area contributed by atoms with Gasteiger partial charge in [0.25, 0.3) is 5.56 Å². The zero-order valence-corrected chi connectivity index (χ0v) is 11.6. The maximum absolute atomic E-state index is 12.6. The summed E-state index contributed by atoms with van der Waals surface area (Å²) in [6.07, 6.45) is 1.73. The molecule has 0 amide bonds. The number of hydrogen-bond donors (Lipinski definition) is 2. The fourth-order valence-corrected chi connectivity index (χ4v) is 2.74. The second-order valence-corrected chi connectivity index (χ2v) is 5.18. The van der Waals surface area contributed by atoms with Gasteiger partial charge in [-0.2, -0.15) is 0 Å². The van der Waals surface area contributed by atoms with Crippen LogP contribution in [0, 0.1) is 0 Å². The number of H-pyrrole nitrogens is 2. The van der Waals surface area contributed by atoms with Crippen LogP contribution in [0.3, 0.4) is 0 Å². The molecular weight excluding hydrogens is 276 g/mol. The Kier molecular flexibility index (Phi) is 2.69. The number of rotatable bonds is 2. The molecular formula is C18H12N2O2. The Morgan fingerprint density at radius 1 is 0.864 bits per heavy atom. The van der Waals surface area contributed by atoms with Gasteiger partial charge < -0.3 is 9.97 Å². The van der Waals surface area contributed by atoms with Gasteiger partial charge in [0, 0.05) is 33.6 Å². The van der Waals surface area contributed by atoms with Crippen molar-refractivity contribution in [3.63, 3.8) is 0 Å². The smallest absolute Gasteiger partial charge is 0.272 e. The number of carbonyl (C=O) groups excluding carboxylic acids is 1. The summed E-state index contributed by atoms with van der Waals surface area (Å²) in [6, 6.07) is 16.4. The Balaban J connectivity index is 1.96. The van der Waals surface area contributed by atoms with E-state index in [9.17, 15) is 9.59 Å². The molecule has 2 heterocycles. The van der Waals surface area contributed by atoms with E-state index >= 15 is 0 Å². The molecule has 0 saturated carbocycles. The van der Waals surface area contributed by atoms with Crippen LogP contribution in [0.25, 0.3) is 21.8 Å². The molecule has 4 heteroatoms. The van der Waals surface area contributed by atoms with Crippen LogP contribution in [0.15, 0.2) is 65.6 Å². The number of hydrogen-bond acceptors (Lipinski definition) is 2. The van der Waals surface area contributed by atoms with E-state index in [0.717, 1.165) is 16.3 Å². The first kappa shape index (κ1) is 12.6. The predicted octanol–water partition coefficient (Wildman–Crippen LogP) is 3.24. The minimum absolute atomic E-state index is 0.0302. The minimum Gasteiger partial charge on any atom is -0.357 e. The molecule has 106 valence electrons. The molecule has 0 fully saturated rings. The van der Waals surface area contributed by atoms with Crippen LogP contribution in [-0.2, 0) is 0 Å². The summed E-state index contributed by atoms with van der Waals surface area (Å²) in [5.74, 6) is -0.0302. The average molecular weight is 288 g/mol. The lowest BCUT2D eigenvalue weighted by Gasteiger charge is -2.04. The van der Waals surface area contributed by atoms with Crippen molar-refractivity contribution in [2.45, 2.75) is 0 Å². The fraction of sp³-hybridized carbons (Fsp3) is 0. The van der Waals surface area contributed by atoms with Crippen LogP contribution >= 0.6 is 0 Å². The van der Waals surface area contributed by atoms with E-state index in [0.29, 0.717) is 16.6 Å². The molecule has 0 spiro atoms. The van der Waals surface area contributed by atoms with Crippen molar-refractivity contribution in [1.82, 2.24) is 9.97 Å². The Labute approximate surface area is 125 Å². The van der Waals surface area contributed by atoms with Crippen molar-refractivity contribution in [2.75, 3.05) is 0 Å². The summed E-state index contributed by atoms with van der Waals surface area (Å²) in [4.78, 5) is 30.3. The largest absolute Gasteiger partial charge is 0.357 e. The molecule has 4 nitrogen and oxygen atoms in total. The highest BCUT2D eigenvalue weighted by Gasteiger charge is 2.12. The number of nitrogens with one attached hydrogen (secondary N) is 2. The van der Waals surface area contributed by atoms with E-state index in [1.807, 2.05) is 30.3 Å². The van der Waals surface area contributed by atoms with Gasteiger partial charge in [0.15, 0.2) is 5.78 Å². The van der Waals surface area contributed by atoms with Crippen LogP contribution in [0.2, 0.25) is 0 Å². The first-order chi connectivity index (χ1) is 10.7. The van der Waals surface area contributed by atoms with E-state index < -0.39 is 0 Å². The molecule has 2 aromatic heterocycles. The quantitative estimate of drug-likeness (QED) is 0.556. The lowest BCUT2D eigenvalue weighted by Crippen LogP contribution is -2.07. The maximum Gasteiger partial charge on any atom is 0.272 e. The predicted molar refractivity (Wildman–Crippen MR) is 86.3 cm³/mol. The lowest BCUT2D eigenvalue weighted by atomic mass is 10.0. The highest BCUT2D eigenvalue weighted by molar-refractivity contribution is 6.13. The third-order valence-electron chi connectivity index (χ3n) is 3.83. The Morgan fingerprint density at radius 2 is 1.68 bits per heavy atom. The molecule has 0 aliphatic carbocycles. The number of pyridine rings is 1. The summed E-state index contributed by atoms with van der Waals surface area (Å²) >= 11 is 0. The third-order valence-corrected chi connectivity index (χ3v) is 3.83. The standard InChI is InChI=1S/C18H12N2O2/c21-17(11-4-2-1-3-5-11)12-6-7-15-14(10-12)13-8-9-19-16(13)18(22)20-15/h1-10,19H,(H,20,22). The van der Waals surface area contributed by atoms with Gasteiger partial charge in [-0.25, -0.2) is 0 Å². The summed E-state index contributed by atoms with van der Waals surface area (Å²) in [5.41, 5.74) is 2.35. The van der Waals surface area contributed by atoms with Crippen molar-refractivity contribution < 1.29 is 4.79 Å². The second kappa shape index (κ2) is 4.70. The van der Waals surface area contributed by atoms with Crippen molar-refractivity contribution >= 4 is 27.6 Å². The number of benzene rings is 2. The maximum atomic E-state index is 12.6. The molecule has 0 saturated heterocycles. The van der Waals surface area contributed by atoms with Crippen LogP contribution in [0.5, 0.6) is 0 Å². The SMILES string of the molecule is O=C(c1ccccc1)c1ccc2[nH]c(=O)c3[nH]ccc3c2c1. The highest BCUT2D eigenvalue weighted by Crippen LogP contribution is 2.22. The molecule has 2 N–H and O–H groups in total. The fourth-order valence-electron chi connectivity index (χ4n) is 2.74. The molecule has 0 atom stereocenters. The van der Waals surface area contributed by atoms with Gasteiger partial charge >= 0.3 is 0 Å².